The van der Waals surface area contributed by atoms with E-state index in [1.54, 1.807) is 11.3 Å². The number of carbonyl (C=O) groups excluding carboxylic acids is 1. The summed E-state index contributed by atoms with van der Waals surface area (Å²) in [6, 6.07) is 18.5. The first kappa shape index (κ1) is 19.1. The van der Waals surface area contributed by atoms with Gasteiger partial charge in [0.25, 0.3) is 0 Å². The van der Waals surface area contributed by atoms with Gasteiger partial charge in [0.1, 0.15) is 0 Å². The number of carbonyl (C=O) groups is 1. The number of hydrogen-bond donors (Lipinski definition) is 1. The zero-order valence-corrected chi connectivity index (χ0v) is 16.8. The van der Waals surface area contributed by atoms with Gasteiger partial charge in [0, 0.05) is 31.8 Å². The maximum absolute atomic E-state index is 12.7. The van der Waals surface area contributed by atoms with Crippen molar-refractivity contribution in [2.45, 2.75) is 25.8 Å². The molecule has 0 saturated heterocycles. The number of thiazole rings is 1. The molecule has 140 valence electrons. The smallest absolute Gasteiger partial charge is 0.221 e. The zero-order valence-electron chi connectivity index (χ0n) is 16.0. The van der Waals surface area contributed by atoms with Gasteiger partial charge in [-0.3, -0.25) is 4.79 Å². The molecule has 0 saturated carbocycles. The molecule has 1 heterocycles. The number of nitrogens with zero attached hydrogens (tertiary/aromatic N) is 2. The molecular formula is C22H25N3OS. The molecule has 3 rings (SSSR count). The van der Waals surface area contributed by atoms with E-state index < -0.39 is 0 Å². The molecule has 27 heavy (non-hydrogen) atoms. The van der Waals surface area contributed by atoms with E-state index in [-0.39, 0.29) is 11.8 Å². The highest BCUT2D eigenvalue weighted by atomic mass is 32.1. The van der Waals surface area contributed by atoms with Gasteiger partial charge in [-0.25, -0.2) is 4.98 Å². The first-order valence-corrected chi connectivity index (χ1v) is 9.91. The molecule has 1 amide bonds. The molecule has 1 unspecified atom stereocenters. The second kappa shape index (κ2) is 8.82. The van der Waals surface area contributed by atoms with Gasteiger partial charge in [-0.05, 0) is 23.6 Å². The van der Waals surface area contributed by atoms with Crippen LogP contribution in [0.5, 0.6) is 0 Å². The molecule has 1 atom stereocenters. The van der Waals surface area contributed by atoms with E-state index in [2.05, 4.69) is 41.5 Å². The van der Waals surface area contributed by atoms with Crippen molar-refractivity contribution in [1.29, 1.82) is 0 Å². The maximum Gasteiger partial charge on any atom is 0.221 e. The fourth-order valence-corrected chi connectivity index (χ4v) is 3.86. The summed E-state index contributed by atoms with van der Waals surface area (Å²) in [4.78, 5) is 19.2. The summed E-state index contributed by atoms with van der Waals surface area (Å²) in [7, 11) is 3.93. The van der Waals surface area contributed by atoms with E-state index in [0.29, 0.717) is 13.0 Å². The molecule has 0 radical (unpaired) electrons. The van der Waals surface area contributed by atoms with E-state index in [1.165, 1.54) is 11.1 Å². The predicted octanol–water partition coefficient (Wildman–Crippen LogP) is 4.36. The number of rotatable bonds is 7. The van der Waals surface area contributed by atoms with Crippen molar-refractivity contribution in [3.8, 4) is 0 Å². The molecule has 0 aliphatic heterocycles. The molecule has 0 fully saturated rings. The fourth-order valence-electron chi connectivity index (χ4n) is 3.10. The quantitative estimate of drug-likeness (QED) is 0.663. The molecular weight excluding hydrogens is 354 g/mol. The minimum Gasteiger partial charge on any atom is -0.354 e. The van der Waals surface area contributed by atoms with Crippen LogP contribution < -0.4 is 10.2 Å². The van der Waals surface area contributed by atoms with Crippen molar-refractivity contribution in [2.24, 2.45) is 0 Å². The lowest BCUT2D eigenvalue weighted by Gasteiger charge is -2.19. The molecule has 2 aromatic carbocycles. The van der Waals surface area contributed by atoms with Gasteiger partial charge in [0.15, 0.2) is 5.13 Å². The third-order valence-electron chi connectivity index (χ3n) is 4.54. The Balaban J connectivity index is 1.72. The van der Waals surface area contributed by atoms with E-state index >= 15 is 0 Å². The van der Waals surface area contributed by atoms with Gasteiger partial charge in [0.2, 0.25) is 5.91 Å². The topological polar surface area (TPSA) is 45.2 Å². The van der Waals surface area contributed by atoms with Gasteiger partial charge in [-0.15, -0.1) is 11.3 Å². The van der Waals surface area contributed by atoms with Gasteiger partial charge >= 0.3 is 0 Å². The lowest BCUT2D eigenvalue weighted by Crippen LogP contribution is -2.25. The van der Waals surface area contributed by atoms with E-state index in [4.69, 9.17) is 0 Å². The SMILES string of the molecule is Cc1ccccc1C(CC(=O)NCc1csc(N(C)C)n1)c1ccccc1. The molecule has 0 aliphatic rings. The van der Waals surface area contributed by atoms with Crippen LogP contribution in [0, 0.1) is 6.92 Å². The van der Waals surface area contributed by atoms with Gasteiger partial charge in [-0.1, -0.05) is 54.6 Å². The van der Waals surface area contributed by atoms with Crippen molar-refractivity contribution in [3.63, 3.8) is 0 Å². The highest BCUT2D eigenvalue weighted by molar-refractivity contribution is 7.13. The summed E-state index contributed by atoms with van der Waals surface area (Å²) >= 11 is 1.58. The van der Waals surface area contributed by atoms with Crippen LogP contribution in [0.1, 0.15) is 34.7 Å². The molecule has 1 aromatic heterocycles. The Morgan fingerprint density at radius 3 is 2.48 bits per heavy atom. The van der Waals surface area contributed by atoms with Crippen LogP contribution in [0.25, 0.3) is 0 Å². The number of hydrogen-bond acceptors (Lipinski definition) is 4. The van der Waals surface area contributed by atoms with Crippen LogP contribution >= 0.6 is 11.3 Å². The van der Waals surface area contributed by atoms with Crippen LogP contribution in [0.15, 0.2) is 60.0 Å². The van der Waals surface area contributed by atoms with Crippen molar-refractivity contribution in [3.05, 3.63) is 82.4 Å². The van der Waals surface area contributed by atoms with Gasteiger partial charge in [-0.2, -0.15) is 0 Å². The van der Waals surface area contributed by atoms with Crippen molar-refractivity contribution in [1.82, 2.24) is 10.3 Å². The second-order valence-electron chi connectivity index (χ2n) is 6.82. The number of aromatic nitrogens is 1. The summed E-state index contributed by atoms with van der Waals surface area (Å²) in [5.74, 6) is 0.0756. The molecule has 4 nitrogen and oxygen atoms in total. The normalized spacial score (nSPS) is 11.8. The largest absolute Gasteiger partial charge is 0.354 e. The monoisotopic (exact) mass is 379 g/mol. The minimum atomic E-state index is 0.0338. The zero-order chi connectivity index (χ0) is 19.2. The molecule has 3 aromatic rings. The van der Waals surface area contributed by atoms with Crippen LogP contribution in [0.3, 0.4) is 0 Å². The van der Waals surface area contributed by atoms with E-state index in [9.17, 15) is 4.79 Å². The molecule has 0 aliphatic carbocycles. The van der Waals surface area contributed by atoms with Crippen molar-refractivity contribution in [2.75, 3.05) is 19.0 Å². The second-order valence-corrected chi connectivity index (χ2v) is 7.65. The van der Waals surface area contributed by atoms with Crippen LogP contribution in [0.4, 0.5) is 5.13 Å². The maximum atomic E-state index is 12.7. The Bertz CT molecular complexity index is 889. The van der Waals surface area contributed by atoms with Crippen LogP contribution in [-0.4, -0.2) is 25.0 Å². The van der Waals surface area contributed by atoms with Crippen LogP contribution in [-0.2, 0) is 11.3 Å². The third-order valence-corrected chi connectivity index (χ3v) is 5.60. The van der Waals surface area contributed by atoms with Gasteiger partial charge < -0.3 is 10.2 Å². The van der Waals surface area contributed by atoms with Crippen LogP contribution in [0.2, 0.25) is 0 Å². The number of amides is 1. The molecule has 5 heteroatoms. The summed E-state index contributed by atoms with van der Waals surface area (Å²) in [6.45, 7) is 2.56. The summed E-state index contributed by atoms with van der Waals surface area (Å²) in [5, 5.41) is 5.96. The first-order chi connectivity index (χ1) is 13.0. The summed E-state index contributed by atoms with van der Waals surface area (Å²) in [5.41, 5.74) is 4.45. The van der Waals surface area contributed by atoms with Crippen molar-refractivity contribution >= 4 is 22.4 Å². The van der Waals surface area contributed by atoms with E-state index in [0.717, 1.165) is 16.4 Å². The first-order valence-electron chi connectivity index (χ1n) is 9.03. The van der Waals surface area contributed by atoms with Crippen molar-refractivity contribution < 1.29 is 4.79 Å². The third kappa shape index (κ3) is 4.95. The Kier molecular flexibility index (Phi) is 6.24. The number of benzene rings is 2. The minimum absolute atomic E-state index is 0.0338. The predicted molar refractivity (Wildman–Crippen MR) is 112 cm³/mol. The lowest BCUT2D eigenvalue weighted by atomic mass is 9.86. The number of aryl methyl sites for hydroxylation is 1. The van der Waals surface area contributed by atoms with Gasteiger partial charge in [0.05, 0.1) is 12.2 Å². The summed E-state index contributed by atoms with van der Waals surface area (Å²) < 4.78 is 0. The fraction of sp³-hybridized carbons (Fsp3) is 0.273. The average Bonchev–Trinajstić information content (AvgIpc) is 3.15. The Morgan fingerprint density at radius 1 is 1.11 bits per heavy atom. The molecule has 1 N–H and O–H groups in total. The number of anilines is 1. The lowest BCUT2D eigenvalue weighted by molar-refractivity contribution is -0.121. The number of nitrogens with one attached hydrogen (secondary N) is 1. The standard InChI is InChI=1S/C22H25N3OS/c1-16-9-7-8-12-19(16)20(17-10-5-4-6-11-17)13-21(26)23-14-18-15-27-22(24-18)25(2)3/h4-12,15,20H,13-14H2,1-3H3,(H,23,26). The van der Waals surface area contributed by atoms with E-state index in [1.807, 2.05) is 54.7 Å². The summed E-state index contributed by atoms with van der Waals surface area (Å²) in [6.07, 6.45) is 0.416. The Morgan fingerprint density at radius 2 is 1.81 bits per heavy atom. The molecule has 0 bridgehead atoms. The highest BCUT2D eigenvalue weighted by Gasteiger charge is 2.19. The molecule has 0 spiro atoms. The Hall–Kier alpha value is -2.66. The Labute approximate surface area is 164 Å². The average molecular weight is 380 g/mol. The highest BCUT2D eigenvalue weighted by Crippen LogP contribution is 2.30.